The lowest BCUT2D eigenvalue weighted by atomic mass is 10.2. The first kappa shape index (κ1) is 16.2. The molecule has 0 aromatic carbocycles. The second-order valence-corrected chi connectivity index (χ2v) is 7.14. The average Bonchev–Trinajstić information content (AvgIpc) is 3.05. The molecule has 0 saturated carbocycles. The number of hydrogen-bond donors (Lipinski definition) is 1. The molecule has 116 valence electrons. The van der Waals surface area contributed by atoms with E-state index >= 15 is 0 Å². The first-order valence-electron chi connectivity index (χ1n) is 7.96. The highest BCUT2D eigenvalue weighted by atomic mass is 32.1. The molecule has 0 spiro atoms. The Morgan fingerprint density at radius 1 is 1.19 bits per heavy atom. The van der Waals surface area contributed by atoms with Gasteiger partial charge in [0.05, 0.1) is 12.2 Å². The number of nitrogens with zero attached hydrogens (tertiary/aromatic N) is 2. The van der Waals surface area contributed by atoms with Gasteiger partial charge in [0, 0.05) is 22.0 Å². The molecule has 0 unspecified atom stereocenters. The van der Waals surface area contributed by atoms with Crippen LogP contribution in [0.1, 0.15) is 48.8 Å². The van der Waals surface area contributed by atoms with Crippen molar-refractivity contribution in [1.82, 2.24) is 15.1 Å². The third-order valence-electron chi connectivity index (χ3n) is 3.51. The molecule has 0 radical (unpaired) electrons. The van der Waals surface area contributed by atoms with Crippen molar-refractivity contribution >= 4 is 11.3 Å². The van der Waals surface area contributed by atoms with E-state index in [1.807, 2.05) is 11.3 Å². The molecular formula is C17H27N3S. The molecule has 2 aromatic heterocycles. The lowest BCUT2D eigenvalue weighted by Gasteiger charge is -2.05. The summed E-state index contributed by atoms with van der Waals surface area (Å²) in [6, 6.07) is 6.71. The Morgan fingerprint density at radius 2 is 1.95 bits per heavy atom. The molecule has 0 aliphatic carbocycles. The van der Waals surface area contributed by atoms with E-state index in [9.17, 15) is 0 Å². The minimum absolute atomic E-state index is 0.702. The molecule has 4 heteroatoms. The SMILES string of the molecule is CCc1cc(CC)n(Cc2ccc(CNCC(C)C)s2)n1. The largest absolute Gasteiger partial charge is 0.312 e. The smallest absolute Gasteiger partial charge is 0.0755 e. The van der Waals surface area contributed by atoms with Gasteiger partial charge in [0.25, 0.3) is 0 Å². The Hall–Kier alpha value is -1.13. The zero-order valence-corrected chi connectivity index (χ0v) is 14.5. The van der Waals surface area contributed by atoms with Gasteiger partial charge in [-0.1, -0.05) is 27.7 Å². The summed E-state index contributed by atoms with van der Waals surface area (Å²) >= 11 is 1.89. The number of rotatable bonds is 8. The van der Waals surface area contributed by atoms with Crippen LogP contribution in [0.3, 0.4) is 0 Å². The van der Waals surface area contributed by atoms with Gasteiger partial charge in [0.15, 0.2) is 0 Å². The summed E-state index contributed by atoms with van der Waals surface area (Å²) in [6.07, 6.45) is 2.05. The molecule has 0 aliphatic rings. The van der Waals surface area contributed by atoms with Crippen LogP contribution >= 0.6 is 11.3 Å². The molecule has 0 amide bonds. The maximum Gasteiger partial charge on any atom is 0.0755 e. The van der Waals surface area contributed by atoms with Crippen LogP contribution in [-0.4, -0.2) is 16.3 Å². The molecule has 2 rings (SSSR count). The van der Waals surface area contributed by atoms with Crippen molar-refractivity contribution in [3.8, 4) is 0 Å². The van der Waals surface area contributed by atoms with Gasteiger partial charge in [-0.25, -0.2) is 0 Å². The van der Waals surface area contributed by atoms with Gasteiger partial charge in [0.2, 0.25) is 0 Å². The summed E-state index contributed by atoms with van der Waals surface area (Å²) in [6.45, 7) is 11.8. The Kier molecular flexibility index (Phi) is 6.00. The number of aromatic nitrogens is 2. The molecule has 21 heavy (non-hydrogen) atoms. The van der Waals surface area contributed by atoms with Crippen LogP contribution in [0, 0.1) is 5.92 Å². The molecule has 2 aromatic rings. The van der Waals surface area contributed by atoms with E-state index in [1.54, 1.807) is 0 Å². The van der Waals surface area contributed by atoms with E-state index in [1.165, 1.54) is 21.1 Å². The summed E-state index contributed by atoms with van der Waals surface area (Å²) in [4.78, 5) is 2.79. The number of aryl methyl sites for hydroxylation is 2. The Balaban J connectivity index is 1.97. The molecule has 0 atom stereocenters. The Labute approximate surface area is 132 Å². The third kappa shape index (κ3) is 4.68. The molecule has 2 heterocycles. The number of thiophene rings is 1. The molecule has 1 N–H and O–H groups in total. The van der Waals surface area contributed by atoms with Gasteiger partial charge in [-0.05, 0) is 43.5 Å². The fourth-order valence-electron chi connectivity index (χ4n) is 2.34. The quantitative estimate of drug-likeness (QED) is 0.802. The van der Waals surface area contributed by atoms with E-state index in [4.69, 9.17) is 5.10 Å². The fourth-order valence-corrected chi connectivity index (χ4v) is 3.31. The first-order valence-corrected chi connectivity index (χ1v) is 8.77. The highest BCUT2D eigenvalue weighted by molar-refractivity contribution is 7.11. The third-order valence-corrected chi connectivity index (χ3v) is 4.58. The predicted octanol–water partition coefficient (Wildman–Crippen LogP) is 3.86. The van der Waals surface area contributed by atoms with Crippen molar-refractivity contribution in [2.45, 2.75) is 53.6 Å². The molecule has 0 aliphatic heterocycles. The van der Waals surface area contributed by atoms with Crippen LogP contribution < -0.4 is 5.32 Å². The van der Waals surface area contributed by atoms with E-state index in [2.05, 4.69) is 55.9 Å². The van der Waals surface area contributed by atoms with E-state index in [-0.39, 0.29) is 0 Å². The fraction of sp³-hybridized carbons (Fsp3) is 0.588. The second-order valence-electron chi connectivity index (χ2n) is 5.88. The summed E-state index contributed by atoms with van der Waals surface area (Å²) in [7, 11) is 0. The normalized spacial score (nSPS) is 11.5. The van der Waals surface area contributed by atoms with Gasteiger partial charge in [-0.15, -0.1) is 11.3 Å². The highest BCUT2D eigenvalue weighted by Gasteiger charge is 2.07. The Morgan fingerprint density at radius 3 is 2.62 bits per heavy atom. The van der Waals surface area contributed by atoms with Gasteiger partial charge in [-0.3, -0.25) is 4.68 Å². The van der Waals surface area contributed by atoms with E-state index in [0.29, 0.717) is 5.92 Å². The van der Waals surface area contributed by atoms with E-state index < -0.39 is 0 Å². The zero-order chi connectivity index (χ0) is 15.2. The Bertz CT molecular complexity index is 554. The predicted molar refractivity (Wildman–Crippen MR) is 90.9 cm³/mol. The van der Waals surface area contributed by atoms with Gasteiger partial charge >= 0.3 is 0 Å². The summed E-state index contributed by atoms with van der Waals surface area (Å²) in [5.41, 5.74) is 2.53. The van der Waals surface area contributed by atoms with Crippen LogP contribution in [0.25, 0.3) is 0 Å². The van der Waals surface area contributed by atoms with Crippen molar-refractivity contribution in [2.24, 2.45) is 5.92 Å². The minimum atomic E-state index is 0.702. The number of nitrogens with one attached hydrogen (secondary N) is 1. The summed E-state index contributed by atoms with van der Waals surface area (Å²) < 4.78 is 2.16. The molecule has 0 bridgehead atoms. The lowest BCUT2D eigenvalue weighted by Crippen LogP contribution is -2.18. The van der Waals surface area contributed by atoms with E-state index in [0.717, 1.165) is 32.5 Å². The maximum absolute atomic E-state index is 4.70. The van der Waals surface area contributed by atoms with Crippen molar-refractivity contribution in [3.63, 3.8) is 0 Å². The van der Waals surface area contributed by atoms with Crippen LogP contribution in [0.4, 0.5) is 0 Å². The van der Waals surface area contributed by atoms with Crippen LogP contribution in [-0.2, 0) is 25.9 Å². The molecular weight excluding hydrogens is 278 g/mol. The average molecular weight is 305 g/mol. The van der Waals surface area contributed by atoms with Crippen molar-refractivity contribution in [2.75, 3.05) is 6.54 Å². The zero-order valence-electron chi connectivity index (χ0n) is 13.6. The second kappa shape index (κ2) is 7.76. The van der Waals surface area contributed by atoms with Crippen molar-refractivity contribution in [3.05, 3.63) is 39.3 Å². The van der Waals surface area contributed by atoms with Crippen LogP contribution in [0.5, 0.6) is 0 Å². The van der Waals surface area contributed by atoms with Crippen LogP contribution in [0.2, 0.25) is 0 Å². The lowest BCUT2D eigenvalue weighted by molar-refractivity contribution is 0.555. The first-order chi connectivity index (χ1) is 10.1. The number of hydrogen-bond acceptors (Lipinski definition) is 3. The summed E-state index contributed by atoms with van der Waals surface area (Å²) in [5, 5.41) is 8.20. The molecule has 0 fully saturated rings. The molecule has 0 saturated heterocycles. The molecule has 3 nitrogen and oxygen atoms in total. The van der Waals surface area contributed by atoms with Gasteiger partial charge in [-0.2, -0.15) is 5.10 Å². The minimum Gasteiger partial charge on any atom is -0.312 e. The maximum atomic E-state index is 4.70. The van der Waals surface area contributed by atoms with Crippen molar-refractivity contribution < 1.29 is 0 Å². The topological polar surface area (TPSA) is 29.9 Å². The van der Waals surface area contributed by atoms with Crippen molar-refractivity contribution in [1.29, 1.82) is 0 Å². The van der Waals surface area contributed by atoms with Gasteiger partial charge in [0.1, 0.15) is 0 Å². The van der Waals surface area contributed by atoms with Gasteiger partial charge < -0.3 is 5.32 Å². The monoisotopic (exact) mass is 305 g/mol. The summed E-state index contributed by atoms with van der Waals surface area (Å²) in [5.74, 6) is 0.702. The highest BCUT2D eigenvalue weighted by Crippen LogP contribution is 2.19. The standard InChI is InChI=1S/C17H27N3S/c1-5-14-9-15(6-2)20(19-14)12-17-8-7-16(21-17)11-18-10-13(3)4/h7-9,13,18H,5-6,10-12H2,1-4H3. The van der Waals surface area contributed by atoms with Crippen LogP contribution in [0.15, 0.2) is 18.2 Å².